The van der Waals surface area contributed by atoms with E-state index in [-0.39, 0.29) is 0 Å². The molecule has 0 spiro atoms. The van der Waals surface area contributed by atoms with Crippen molar-refractivity contribution in [2.75, 3.05) is 6.26 Å². The second-order valence-corrected chi connectivity index (χ2v) is 6.74. The molecule has 0 radical (unpaired) electrons. The van der Waals surface area contributed by atoms with Gasteiger partial charge >= 0.3 is 0 Å². The maximum atomic E-state index is 6.16. The molecule has 0 bridgehead atoms. The van der Waals surface area contributed by atoms with E-state index in [2.05, 4.69) is 22.8 Å². The molecule has 2 aromatic rings. The zero-order chi connectivity index (χ0) is 14.3. The highest BCUT2D eigenvalue weighted by molar-refractivity contribution is 7.99. The first-order valence-corrected chi connectivity index (χ1v) is 9.04. The van der Waals surface area contributed by atoms with Gasteiger partial charge in [-0.1, -0.05) is 13.3 Å². The lowest BCUT2D eigenvalue weighted by atomic mass is 10.2. The summed E-state index contributed by atoms with van der Waals surface area (Å²) in [6, 6.07) is 0.504. The zero-order valence-corrected chi connectivity index (χ0v) is 13.8. The molecule has 6 heteroatoms. The number of alkyl halides is 1. The van der Waals surface area contributed by atoms with Crippen LogP contribution in [0.15, 0.2) is 0 Å². The van der Waals surface area contributed by atoms with Crippen molar-refractivity contribution in [1.29, 1.82) is 0 Å². The predicted molar refractivity (Wildman–Crippen MR) is 85.6 cm³/mol. The number of hydrogen-bond donors (Lipinski definition) is 0. The van der Waals surface area contributed by atoms with Crippen LogP contribution in [0.5, 0.6) is 0 Å². The van der Waals surface area contributed by atoms with Crippen LogP contribution in [0.4, 0.5) is 0 Å². The molecular weight excluding hydrogens is 292 g/mol. The molecule has 2 atom stereocenters. The number of nitrogens with zero attached hydrogens (tertiary/aromatic N) is 4. The smallest absolute Gasteiger partial charge is 0.159 e. The molecule has 0 amide bonds. The van der Waals surface area contributed by atoms with Crippen molar-refractivity contribution in [2.45, 2.75) is 49.8 Å². The molecule has 2 heterocycles. The van der Waals surface area contributed by atoms with Crippen LogP contribution in [0.2, 0.25) is 0 Å². The van der Waals surface area contributed by atoms with E-state index in [4.69, 9.17) is 16.6 Å². The fourth-order valence-corrected chi connectivity index (χ4v) is 4.57. The van der Waals surface area contributed by atoms with Crippen LogP contribution < -0.4 is 0 Å². The molecule has 1 aliphatic rings. The van der Waals surface area contributed by atoms with E-state index >= 15 is 0 Å². The van der Waals surface area contributed by atoms with Gasteiger partial charge in [0.15, 0.2) is 5.65 Å². The molecule has 1 saturated carbocycles. The lowest BCUT2D eigenvalue weighted by Crippen LogP contribution is -2.19. The second-order valence-electron chi connectivity index (χ2n) is 5.40. The average Bonchev–Trinajstić information content (AvgIpc) is 3.12. The Bertz CT molecular complexity index is 618. The van der Waals surface area contributed by atoms with Gasteiger partial charge in [0.05, 0.1) is 11.6 Å². The summed E-state index contributed by atoms with van der Waals surface area (Å²) < 4.78 is 4.34. The lowest BCUT2D eigenvalue weighted by Gasteiger charge is -2.22. The Labute approximate surface area is 128 Å². The normalized spacial score (nSPS) is 23.0. The monoisotopic (exact) mass is 312 g/mol. The third kappa shape index (κ3) is 2.06. The minimum absolute atomic E-state index is 0.468. The summed E-state index contributed by atoms with van der Waals surface area (Å²) in [6.45, 7) is 2.13. The van der Waals surface area contributed by atoms with Gasteiger partial charge in [-0.15, -0.1) is 11.6 Å². The minimum atomic E-state index is 0.468. The number of fused-ring (bicyclic) bond motifs is 1. The van der Waals surface area contributed by atoms with Crippen LogP contribution in [0.3, 0.4) is 0 Å². The molecule has 0 aliphatic heterocycles. The minimum Gasteiger partial charge on any atom is -0.308 e. The Morgan fingerprint density at radius 2 is 2.20 bits per heavy atom. The van der Waals surface area contributed by atoms with Crippen LogP contribution in [0.25, 0.3) is 11.2 Å². The van der Waals surface area contributed by atoms with E-state index < -0.39 is 0 Å². The Kier molecular flexibility index (Phi) is 4.00. The van der Waals surface area contributed by atoms with Crippen molar-refractivity contribution in [3.05, 3.63) is 11.5 Å². The third-order valence-electron chi connectivity index (χ3n) is 4.32. The van der Waals surface area contributed by atoms with Crippen LogP contribution in [-0.4, -0.2) is 30.8 Å². The highest BCUT2D eigenvalue weighted by Crippen LogP contribution is 2.40. The van der Waals surface area contributed by atoms with Gasteiger partial charge in [0.25, 0.3) is 0 Å². The summed E-state index contributed by atoms with van der Waals surface area (Å²) in [5, 5.41) is 5.27. The van der Waals surface area contributed by atoms with Gasteiger partial charge in [0, 0.05) is 18.3 Å². The van der Waals surface area contributed by atoms with Crippen LogP contribution in [0.1, 0.15) is 43.7 Å². The topological polar surface area (TPSA) is 35.6 Å². The van der Waals surface area contributed by atoms with Crippen molar-refractivity contribution in [1.82, 2.24) is 19.3 Å². The highest BCUT2D eigenvalue weighted by Gasteiger charge is 2.32. The number of halogens is 1. The Morgan fingerprint density at radius 1 is 1.40 bits per heavy atom. The lowest BCUT2D eigenvalue weighted by molar-refractivity contribution is 0.515. The first-order valence-electron chi connectivity index (χ1n) is 7.22. The summed E-state index contributed by atoms with van der Waals surface area (Å²) >= 11 is 8.12. The molecule has 0 aromatic carbocycles. The van der Waals surface area contributed by atoms with Gasteiger partial charge in [-0.2, -0.15) is 16.9 Å². The maximum absolute atomic E-state index is 6.16. The number of rotatable bonds is 4. The van der Waals surface area contributed by atoms with Gasteiger partial charge in [-0.3, -0.25) is 4.68 Å². The molecule has 110 valence electrons. The predicted octanol–water partition coefficient (Wildman–Crippen LogP) is 3.53. The standard InChI is InChI=1S/C14H21ClN4S/c1-4-9-13-14(18(2)17-9)19(12(8-15)16-13)10-6-5-7-11(10)20-3/h10-11H,4-8H2,1-3H3. The fraction of sp³-hybridized carbons (Fsp3) is 0.714. The molecule has 1 fully saturated rings. The summed E-state index contributed by atoms with van der Waals surface area (Å²) in [7, 11) is 2.01. The Hall–Kier alpha value is -0.680. The van der Waals surface area contributed by atoms with E-state index in [1.807, 2.05) is 23.5 Å². The number of imidazole rings is 1. The number of thioether (sulfide) groups is 1. The van der Waals surface area contributed by atoms with E-state index in [1.165, 1.54) is 19.3 Å². The first-order chi connectivity index (χ1) is 9.71. The number of aromatic nitrogens is 4. The SMILES string of the molecule is CCc1nn(C)c2c1nc(CCl)n2C1CCCC1SC. The van der Waals surface area contributed by atoms with E-state index in [9.17, 15) is 0 Å². The van der Waals surface area contributed by atoms with Gasteiger partial charge < -0.3 is 4.57 Å². The Morgan fingerprint density at radius 3 is 2.85 bits per heavy atom. The van der Waals surface area contributed by atoms with Crippen LogP contribution >= 0.6 is 23.4 Å². The van der Waals surface area contributed by atoms with Gasteiger partial charge in [0.1, 0.15) is 11.3 Å². The quantitative estimate of drug-likeness (QED) is 0.810. The van der Waals surface area contributed by atoms with E-state index in [0.717, 1.165) is 29.1 Å². The van der Waals surface area contributed by atoms with Crippen molar-refractivity contribution in [2.24, 2.45) is 7.05 Å². The van der Waals surface area contributed by atoms with Crippen molar-refractivity contribution in [3.63, 3.8) is 0 Å². The molecule has 0 N–H and O–H groups in total. The molecule has 20 heavy (non-hydrogen) atoms. The fourth-order valence-electron chi connectivity index (χ4n) is 3.41. The largest absolute Gasteiger partial charge is 0.308 e. The summed E-state index contributed by atoms with van der Waals surface area (Å²) in [6.07, 6.45) is 6.90. The molecule has 2 unspecified atom stereocenters. The van der Waals surface area contributed by atoms with Crippen molar-refractivity contribution < 1.29 is 0 Å². The molecule has 1 aliphatic carbocycles. The Balaban J connectivity index is 2.19. The molecule has 0 saturated heterocycles. The van der Waals surface area contributed by atoms with E-state index in [1.54, 1.807) is 0 Å². The molecule has 3 rings (SSSR count). The second kappa shape index (κ2) is 5.60. The maximum Gasteiger partial charge on any atom is 0.159 e. The third-order valence-corrected chi connectivity index (χ3v) is 5.71. The molecular formula is C14H21ClN4S. The van der Waals surface area contributed by atoms with Crippen LogP contribution in [-0.2, 0) is 19.3 Å². The number of aryl methyl sites for hydroxylation is 2. The van der Waals surface area contributed by atoms with E-state index in [0.29, 0.717) is 17.2 Å². The van der Waals surface area contributed by atoms with Crippen molar-refractivity contribution >= 4 is 34.5 Å². The first kappa shape index (κ1) is 14.3. The zero-order valence-electron chi connectivity index (χ0n) is 12.3. The summed E-state index contributed by atoms with van der Waals surface area (Å²) in [5.74, 6) is 1.46. The summed E-state index contributed by atoms with van der Waals surface area (Å²) in [5.41, 5.74) is 3.26. The molecule has 4 nitrogen and oxygen atoms in total. The molecule has 2 aromatic heterocycles. The summed E-state index contributed by atoms with van der Waals surface area (Å²) in [4.78, 5) is 4.77. The van der Waals surface area contributed by atoms with Crippen LogP contribution in [0, 0.1) is 0 Å². The highest BCUT2D eigenvalue weighted by atomic mass is 35.5. The average molecular weight is 313 g/mol. The van der Waals surface area contributed by atoms with Gasteiger partial charge in [0.2, 0.25) is 0 Å². The number of hydrogen-bond acceptors (Lipinski definition) is 3. The van der Waals surface area contributed by atoms with Gasteiger partial charge in [-0.05, 0) is 25.5 Å². The van der Waals surface area contributed by atoms with Gasteiger partial charge in [-0.25, -0.2) is 4.98 Å². The van der Waals surface area contributed by atoms with Crippen molar-refractivity contribution in [3.8, 4) is 0 Å².